The third-order valence-corrected chi connectivity index (χ3v) is 6.82. The summed E-state index contributed by atoms with van der Waals surface area (Å²) in [5.74, 6) is 1.53. The van der Waals surface area contributed by atoms with Crippen LogP contribution in [0, 0.1) is 6.92 Å². The van der Waals surface area contributed by atoms with Crippen LogP contribution in [0.2, 0.25) is 0 Å². The average molecular weight is 567 g/mol. The van der Waals surface area contributed by atoms with Gasteiger partial charge in [-0.3, -0.25) is 0 Å². The topological polar surface area (TPSA) is 108 Å². The number of benzene rings is 2. The Labute approximate surface area is 247 Å². The molecule has 2 aromatic carbocycles. The van der Waals surface area contributed by atoms with Crippen LogP contribution >= 0.6 is 0 Å². The molecule has 2 aromatic heterocycles. The van der Waals surface area contributed by atoms with Crippen molar-refractivity contribution in [3.05, 3.63) is 78.6 Å². The lowest BCUT2D eigenvalue weighted by atomic mass is 10.1. The number of aryl methyl sites for hydroxylation is 1. The summed E-state index contributed by atoms with van der Waals surface area (Å²) in [5, 5.41) is 9.07. The molecule has 42 heavy (non-hydrogen) atoms. The summed E-state index contributed by atoms with van der Waals surface area (Å²) in [6.45, 7) is 11.9. The predicted octanol–water partition coefficient (Wildman–Crippen LogP) is 6.05. The molecule has 10 nitrogen and oxygen atoms in total. The quantitative estimate of drug-likeness (QED) is 0.248. The van der Waals surface area contributed by atoms with Gasteiger partial charge in [0.2, 0.25) is 11.8 Å². The second-order valence-electron chi connectivity index (χ2n) is 11.5. The van der Waals surface area contributed by atoms with E-state index in [4.69, 9.17) is 9.72 Å². The fourth-order valence-electron chi connectivity index (χ4n) is 4.63. The van der Waals surface area contributed by atoms with E-state index >= 15 is 0 Å². The van der Waals surface area contributed by atoms with Gasteiger partial charge in [0.1, 0.15) is 5.75 Å². The van der Waals surface area contributed by atoms with Gasteiger partial charge in [-0.15, -0.1) is 0 Å². The van der Waals surface area contributed by atoms with E-state index in [9.17, 15) is 4.79 Å². The standard InChI is InChI=1S/C32H38N8O2/c1-22-21-24(36-31(41)38-32(2,3)4)10-13-28(22)42-29-26(7-6-15-33-29)27-14-16-34-30(37-27)35-23-8-11-25(12-9-23)40-19-17-39(5)18-20-40/h6-16,21H,17-20H2,1-5H3,(H,34,35,37)(H2,36,38,41). The summed E-state index contributed by atoms with van der Waals surface area (Å²) in [6.07, 6.45) is 3.40. The highest BCUT2D eigenvalue weighted by Gasteiger charge is 2.16. The minimum Gasteiger partial charge on any atom is -0.438 e. The Morgan fingerprint density at radius 1 is 0.905 bits per heavy atom. The number of piperazine rings is 1. The van der Waals surface area contributed by atoms with Crippen LogP contribution in [0.4, 0.5) is 27.8 Å². The first-order chi connectivity index (χ1) is 20.1. The number of nitrogens with zero attached hydrogens (tertiary/aromatic N) is 5. The van der Waals surface area contributed by atoms with Crippen molar-refractivity contribution in [2.24, 2.45) is 0 Å². The van der Waals surface area contributed by atoms with Crippen LogP contribution in [0.25, 0.3) is 11.3 Å². The van der Waals surface area contributed by atoms with Gasteiger partial charge in [-0.1, -0.05) is 0 Å². The molecule has 218 valence electrons. The number of carbonyl (C=O) groups is 1. The summed E-state index contributed by atoms with van der Waals surface area (Å²) < 4.78 is 6.24. The molecular weight excluding hydrogens is 528 g/mol. The van der Waals surface area contributed by atoms with Crippen LogP contribution in [0.5, 0.6) is 11.6 Å². The molecule has 0 unspecified atom stereocenters. The summed E-state index contributed by atoms with van der Waals surface area (Å²) >= 11 is 0. The maximum absolute atomic E-state index is 12.3. The van der Waals surface area contributed by atoms with E-state index in [1.807, 2.05) is 58.0 Å². The molecule has 0 saturated carbocycles. The number of hydrogen-bond donors (Lipinski definition) is 3. The zero-order valence-electron chi connectivity index (χ0n) is 24.8. The number of anilines is 4. The Kier molecular flexibility index (Phi) is 8.53. The molecular formula is C32H38N8O2. The van der Waals surface area contributed by atoms with Crippen LogP contribution in [0.3, 0.4) is 0 Å². The molecule has 1 saturated heterocycles. The number of amides is 2. The lowest BCUT2D eigenvalue weighted by molar-refractivity contribution is 0.244. The summed E-state index contributed by atoms with van der Waals surface area (Å²) in [5.41, 5.74) is 4.74. The molecule has 3 heterocycles. The maximum Gasteiger partial charge on any atom is 0.319 e. The van der Waals surface area contributed by atoms with Crippen molar-refractivity contribution in [1.29, 1.82) is 0 Å². The zero-order chi connectivity index (χ0) is 29.7. The molecule has 1 fully saturated rings. The number of pyridine rings is 1. The van der Waals surface area contributed by atoms with Crippen molar-refractivity contribution in [2.75, 3.05) is 48.8 Å². The second-order valence-corrected chi connectivity index (χ2v) is 11.5. The number of aromatic nitrogens is 3. The molecule has 1 aliphatic heterocycles. The smallest absolute Gasteiger partial charge is 0.319 e. The molecule has 4 aromatic rings. The van der Waals surface area contributed by atoms with Gasteiger partial charge in [-0.25, -0.2) is 19.7 Å². The average Bonchev–Trinajstić information content (AvgIpc) is 2.95. The highest BCUT2D eigenvalue weighted by atomic mass is 16.5. The number of likely N-dealkylation sites (N-methyl/N-ethyl adjacent to an activating group) is 1. The van der Waals surface area contributed by atoms with Crippen molar-refractivity contribution < 1.29 is 9.53 Å². The molecule has 3 N–H and O–H groups in total. The molecule has 2 amide bonds. The van der Waals surface area contributed by atoms with E-state index in [1.165, 1.54) is 5.69 Å². The largest absolute Gasteiger partial charge is 0.438 e. The monoisotopic (exact) mass is 566 g/mol. The van der Waals surface area contributed by atoms with Gasteiger partial charge in [0.05, 0.1) is 11.3 Å². The van der Waals surface area contributed by atoms with Gasteiger partial charge < -0.3 is 30.5 Å². The van der Waals surface area contributed by atoms with Gasteiger partial charge in [0, 0.05) is 61.2 Å². The van der Waals surface area contributed by atoms with Crippen molar-refractivity contribution in [3.8, 4) is 22.9 Å². The number of nitrogens with one attached hydrogen (secondary N) is 3. The van der Waals surface area contributed by atoms with Gasteiger partial charge >= 0.3 is 6.03 Å². The Morgan fingerprint density at radius 3 is 2.36 bits per heavy atom. The van der Waals surface area contributed by atoms with Crippen LogP contribution in [0.1, 0.15) is 26.3 Å². The minimum atomic E-state index is -0.330. The summed E-state index contributed by atoms with van der Waals surface area (Å²) in [4.78, 5) is 30.7. The predicted molar refractivity (Wildman–Crippen MR) is 168 cm³/mol. The van der Waals surface area contributed by atoms with Crippen LogP contribution in [-0.4, -0.2) is 64.6 Å². The first kappa shape index (κ1) is 28.8. The highest BCUT2D eigenvalue weighted by molar-refractivity contribution is 5.90. The Bertz CT molecular complexity index is 1530. The van der Waals surface area contributed by atoms with Crippen LogP contribution in [0.15, 0.2) is 73.1 Å². The summed E-state index contributed by atoms with van der Waals surface area (Å²) in [7, 11) is 2.16. The Hall–Kier alpha value is -4.70. The molecule has 10 heteroatoms. The molecule has 0 spiro atoms. The van der Waals surface area contributed by atoms with Crippen molar-refractivity contribution in [3.63, 3.8) is 0 Å². The number of urea groups is 1. The minimum absolute atomic E-state index is 0.262. The third-order valence-electron chi connectivity index (χ3n) is 6.82. The van der Waals surface area contributed by atoms with Gasteiger partial charge in [0.25, 0.3) is 0 Å². The molecule has 0 aliphatic carbocycles. The number of carbonyl (C=O) groups excluding carboxylic acids is 1. The maximum atomic E-state index is 12.3. The van der Waals surface area contributed by atoms with E-state index < -0.39 is 0 Å². The molecule has 0 radical (unpaired) electrons. The van der Waals surface area contributed by atoms with E-state index in [0.717, 1.165) is 43.0 Å². The van der Waals surface area contributed by atoms with Gasteiger partial charge in [-0.05, 0) is 101 Å². The van der Waals surface area contributed by atoms with Crippen molar-refractivity contribution in [2.45, 2.75) is 33.2 Å². The van der Waals surface area contributed by atoms with E-state index in [0.29, 0.717) is 29.0 Å². The van der Waals surface area contributed by atoms with E-state index in [-0.39, 0.29) is 11.6 Å². The highest BCUT2D eigenvalue weighted by Crippen LogP contribution is 2.33. The fraction of sp³-hybridized carbons (Fsp3) is 0.312. The zero-order valence-corrected chi connectivity index (χ0v) is 24.8. The Morgan fingerprint density at radius 2 is 1.64 bits per heavy atom. The second kappa shape index (κ2) is 12.4. The molecule has 0 bridgehead atoms. The van der Waals surface area contributed by atoms with Crippen molar-refractivity contribution in [1.82, 2.24) is 25.2 Å². The lowest BCUT2D eigenvalue weighted by Crippen LogP contribution is -2.44. The van der Waals surface area contributed by atoms with E-state index in [1.54, 1.807) is 18.5 Å². The molecule has 5 rings (SSSR count). The first-order valence-corrected chi connectivity index (χ1v) is 14.1. The Balaban J connectivity index is 1.28. The fourth-order valence-corrected chi connectivity index (χ4v) is 4.63. The SMILES string of the molecule is Cc1cc(NC(=O)NC(C)(C)C)ccc1Oc1ncccc1-c1ccnc(Nc2ccc(N3CCN(C)CC3)cc2)n1. The molecule has 0 atom stereocenters. The first-order valence-electron chi connectivity index (χ1n) is 14.1. The van der Waals surface area contributed by atoms with Crippen molar-refractivity contribution >= 4 is 29.0 Å². The molecule has 1 aliphatic rings. The van der Waals surface area contributed by atoms with Gasteiger partial charge in [-0.2, -0.15) is 0 Å². The third kappa shape index (κ3) is 7.52. The number of hydrogen-bond acceptors (Lipinski definition) is 8. The summed E-state index contributed by atoms with van der Waals surface area (Å²) in [6, 6.07) is 19.2. The van der Waals surface area contributed by atoms with Gasteiger partial charge in [0.15, 0.2) is 0 Å². The van der Waals surface area contributed by atoms with E-state index in [2.05, 4.69) is 67.0 Å². The van der Waals surface area contributed by atoms with Crippen LogP contribution < -0.4 is 25.6 Å². The number of ether oxygens (including phenoxy) is 1. The normalized spacial score (nSPS) is 13.9. The van der Waals surface area contributed by atoms with Crippen LogP contribution in [-0.2, 0) is 0 Å². The number of rotatable bonds is 7. The lowest BCUT2D eigenvalue weighted by Gasteiger charge is -2.34.